The highest BCUT2D eigenvalue weighted by Crippen LogP contribution is 2.22. The smallest absolute Gasteiger partial charge is 0.321 e. The molecule has 8 nitrogen and oxygen atoms in total. The zero-order chi connectivity index (χ0) is 18.7. The molecule has 0 aromatic heterocycles. The van der Waals surface area contributed by atoms with Crippen molar-refractivity contribution in [2.45, 2.75) is 48.4 Å². The molecular formula is C15H22N2O6S2. The number of nitrogens with zero attached hydrogens (tertiary/aromatic N) is 1. The Morgan fingerprint density at radius 2 is 1.64 bits per heavy atom. The van der Waals surface area contributed by atoms with Crippen LogP contribution < -0.4 is 4.72 Å². The molecule has 1 saturated heterocycles. The summed E-state index contributed by atoms with van der Waals surface area (Å²) in [6.07, 6.45) is 3.48. The highest BCUT2D eigenvalue weighted by atomic mass is 32.2. The zero-order valence-corrected chi connectivity index (χ0v) is 15.5. The lowest BCUT2D eigenvalue weighted by Crippen LogP contribution is -2.38. The Balaban J connectivity index is 2.33. The van der Waals surface area contributed by atoms with Gasteiger partial charge >= 0.3 is 5.97 Å². The Hall–Kier alpha value is -1.49. The van der Waals surface area contributed by atoms with E-state index in [1.54, 1.807) is 0 Å². The number of aliphatic carboxylic acids is 1. The molecule has 0 amide bonds. The van der Waals surface area contributed by atoms with Crippen molar-refractivity contribution < 1.29 is 26.7 Å². The first-order valence-corrected chi connectivity index (χ1v) is 10.9. The number of benzene rings is 1. The lowest BCUT2D eigenvalue weighted by Gasteiger charge is -2.20. The Kier molecular flexibility index (Phi) is 6.20. The van der Waals surface area contributed by atoms with Gasteiger partial charge in [0.2, 0.25) is 20.0 Å². The molecule has 0 radical (unpaired) electrons. The Morgan fingerprint density at radius 3 is 2.20 bits per heavy atom. The first kappa shape index (κ1) is 19.8. The zero-order valence-electron chi connectivity index (χ0n) is 13.9. The largest absolute Gasteiger partial charge is 0.480 e. The molecule has 1 heterocycles. The van der Waals surface area contributed by atoms with E-state index in [1.165, 1.54) is 29.4 Å². The SMILES string of the molecule is CC(NS(=O)(=O)c1cccc(S(=O)(=O)N2CCCCCC2)c1)C(=O)O. The summed E-state index contributed by atoms with van der Waals surface area (Å²) in [6, 6.07) is 3.66. The number of hydrogen-bond acceptors (Lipinski definition) is 5. The molecule has 0 spiro atoms. The van der Waals surface area contributed by atoms with Crippen molar-refractivity contribution in [1.29, 1.82) is 0 Å². The normalized spacial score (nSPS) is 18.4. The maximum absolute atomic E-state index is 12.8. The summed E-state index contributed by atoms with van der Waals surface area (Å²) in [4.78, 5) is 10.5. The molecule has 2 N–H and O–H groups in total. The van der Waals surface area contributed by atoms with Crippen molar-refractivity contribution in [3.63, 3.8) is 0 Å². The summed E-state index contributed by atoms with van der Waals surface area (Å²) in [5.74, 6) is -1.32. The fourth-order valence-corrected chi connectivity index (χ4v) is 5.46. The Bertz CT molecular complexity index is 827. The molecule has 1 fully saturated rings. The van der Waals surface area contributed by atoms with E-state index in [2.05, 4.69) is 0 Å². The van der Waals surface area contributed by atoms with Crippen LogP contribution in [0.5, 0.6) is 0 Å². The quantitative estimate of drug-likeness (QED) is 0.748. The summed E-state index contributed by atoms with van der Waals surface area (Å²) in [5.41, 5.74) is 0. The van der Waals surface area contributed by atoms with Gasteiger partial charge in [-0.05, 0) is 38.0 Å². The molecule has 0 aliphatic carbocycles. The minimum Gasteiger partial charge on any atom is -0.480 e. The molecule has 1 aliphatic heterocycles. The second kappa shape index (κ2) is 7.81. The van der Waals surface area contributed by atoms with E-state index in [1.807, 2.05) is 4.72 Å². The van der Waals surface area contributed by atoms with E-state index >= 15 is 0 Å². The summed E-state index contributed by atoms with van der Waals surface area (Å²) >= 11 is 0. The fraction of sp³-hybridized carbons (Fsp3) is 0.533. The van der Waals surface area contributed by atoms with Gasteiger partial charge in [-0.25, -0.2) is 16.8 Å². The van der Waals surface area contributed by atoms with Crippen LogP contribution in [-0.2, 0) is 24.8 Å². The van der Waals surface area contributed by atoms with Gasteiger partial charge in [-0.15, -0.1) is 0 Å². The van der Waals surface area contributed by atoms with Crippen LogP contribution >= 0.6 is 0 Å². The van der Waals surface area contributed by atoms with Crippen molar-refractivity contribution >= 4 is 26.0 Å². The molecule has 1 aromatic carbocycles. The average molecular weight is 390 g/mol. The molecule has 140 valence electrons. The summed E-state index contributed by atoms with van der Waals surface area (Å²) in [5, 5.41) is 8.84. The molecule has 10 heteroatoms. The molecule has 1 atom stereocenters. The Labute approximate surface area is 147 Å². The topological polar surface area (TPSA) is 121 Å². The second-order valence-electron chi connectivity index (χ2n) is 5.97. The van der Waals surface area contributed by atoms with E-state index in [4.69, 9.17) is 5.11 Å². The van der Waals surface area contributed by atoms with Crippen LogP contribution in [0.15, 0.2) is 34.1 Å². The van der Waals surface area contributed by atoms with Crippen molar-refractivity contribution in [2.75, 3.05) is 13.1 Å². The number of sulfonamides is 2. The van der Waals surface area contributed by atoms with Crippen LogP contribution in [-0.4, -0.2) is 51.3 Å². The first-order valence-electron chi connectivity index (χ1n) is 8.00. The molecule has 25 heavy (non-hydrogen) atoms. The summed E-state index contributed by atoms with van der Waals surface area (Å²) < 4.78 is 53.5. The number of hydrogen-bond donors (Lipinski definition) is 2. The van der Waals surface area contributed by atoms with E-state index in [-0.39, 0.29) is 9.79 Å². The number of carbonyl (C=O) groups is 1. The third-order valence-corrected chi connectivity index (χ3v) is 7.45. The molecule has 2 rings (SSSR count). The molecular weight excluding hydrogens is 368 g/mol. The van der Waals surface area contributed by atoms with Crippen LogP contribution in [0.2, 0.25) is 0 Å². The van der Waals surface area contributed by atoms with Crippen LogP contribution in [0.3, 0.4) is 0 Å². The number of carboxylic acid groups (broad SMARTS) is 1. The standard InChI is InChI=1S/C15H22N2O6S2/c1-12(15(18)19)16-24(20,21)13-7-6-8-14(11-13)25(22,23)17-9-4-2-3-5-10-17/h6-8,11-12,16H,2-5,9-10H2,1H3,(H,18,19). The van der Waals surface area contributed by atoms with Gasteiger partial charge in [0.1, 0.15) is 6.04 Å². The minimum atomic E-state index is -4.14. The van der Waals surface area contributed by atoms with Crippen LogP contribution in [0.1, 0.15) is 32.6 Å². The van der Waals surface area contributed by atoms with Gasteiger partial charge in [0.15, 0.2) is 0 Å². The fourth-order valence-electron chi connectivity index (χ4n) is 2.58. The third-order valence-electron chi connectivity index (χ3n) is 4.02. The average Bonchev–Trinajstić information content (AvgIpc) is 2.84. The summed E-state index contributed by atoms with van der Waals surface area (Å²) in [7, 11) is -7.93. The van der Waals surface area contributed by atoms with Crippen LogP contribution in [0, 0.1) is 0 Å². The van der Waals surface area contributed by atoms with Gasteiger partial charge in [0.25, 0.3) is 0 Å². The van der Waals surface area contributed by atoms with E-state index < -0.39 is 32.1 Å². The minimum absolute atomic E-state index is 0.111. The van der Waals surface area contributed by atoms with Gasteiger partial charge in [0.05, 0.1) is 9.79 Å². The highest BCUT2D eigenvalue weighted by Gasteiger charge is 2.27. The van der Waals surface area contributed by atoms with Gasteiger partial charge < -0.3 is 5.11 Å². The predicted molar refractivity (Wildman–Crippen MR) is 91.1 cm³/mol. The monoisotopic (exact) mass is 390 g/mol. The van der Waals surface area contributed by atoms with Crippen molar-refractivity contribution in [3.05, 3.63) is 24.3 Å². The lowest BCUT2D eigenvalue weighted by atomic mass is 10.2. The maximum Gasteiger partial charge on any atom is 0.321 e. The van der Waals surface area contributed by atoms with Crippen molar-refractivity contribution in [3.8, 4) is 0 Å². The lowest BCUT2D eigenvalue weighted by molar-refractivity contribution is -0.138. The molecule has 0 bridgehead atoms. The van der Waals surface area contributed by atoms with Crippen molar-refractivity contribution in [2.24, 2.45) is 0 Å². The second-order valence-corrected chi connectivity index (χ2v) is 9.63. The van der Waals surface area contributed by atoms with Gasteiger partial charge in [-0.1, -0.05) is 18.9 Å². The van der Waals surface area contributed by atoms with Crippen LogP contribution in [0.4, 0.5) is 0 Å². The molecule has 1 unspecified atom stereocenters. The Morgan fingerprint density at radius 1 is 1.08 bits per heavy atom. The first-order chi connectivity index (χ1) is 11.6. The van der Waals surface area contributed by atoms with E-state index in [0.29, 0.717) is 13.1 Å². The molecule has 1 aromatic rings. The van der Waals surface area contributed by atoms with Crippen LogP contribution in [0.25, 0.3) is 0 Å². The maximum atomic E-state index is 12.8. The number of carboxylic acids is 1. The third kappa shape index (κ3) is 4.78. The van der Waals surface area contributed by atoms with Gasteiger partial charge in [-0.2, -0.15) is 9.03 Å². The number of rotatable bonds is 6. The van der Waals surface area contributed by atoms with Gasteiger partial charge in [-0.3, -0.25) is 4.79 Å². The predicted octanol–water partition coefficient (Wildman–Crippen LogP) is 1.00. The summed E-state index contributed by atoms with van der Waals surface area (Å²) in [6.45, 7) is 2.01. The van der Waals surface area contributed by atoms with Gasteiger partial charge in [0, 0.05) is 13.1 Å². The van der Waals surface area contributed by atoms with E-state index in [0.717, 1.165) is 31.7 Å². The molecule has 1 aliphatic rings. The van der Waals surface area contributed by atoms with Crippen molar-refractivity contribution in [1.82, 2.24) is 9.03 Å². The van der Waals surface area contributed by atoms with E-state index in [9.17, 15) is 21.6 Å². The molecule has 0 saturated carbocycles. The highest BCUT2D eigenvalue weighted by molar-refractivity contribution is 7.90. The number of nitrogens with one attached hydrogen (secondary N) is 1.